The molecule has 2 aliphatic rings. The molecule has 0 saturated carbocycles. The van der Waals surface area contributed by atoms with E-state index in [0.717, 1.165) is 87.3 Å². The molecule has 174 valence electrons. The maximum atomic E-state index is 12.5. The summed E-state index contributed by atoms with van der Waals surface area (Å²) in [6.07, 6.45) is 3.36. The minimum Gasteiger partial charge on any atom is -0.593 e. The molecule has 2 saturated heterocycles. The van der Waals surface area contributed by atoms with E-state index in [1.54, 1.807) is 0 Å². The molecule has 2 aromatic rings. The Hall–Kier alpha value is -1.61. The number of piperidine rings is 1. The van der Waals surface area contributed by atoms with Crippen LogP contribution in [0.4, 0.5) is 0 Å². The molecule has 0 aromatic heterocycles. The van der Waals surface area contributed by atoms with Gasteiger partial charge in [0.25, 0.3) is 0 Å². The number of benzene rings is 2. The van der Waals surface area contributed by atoms with Crippen molar-refractivity contribution in [2.75, 3.05) is 59.1 Å². The third-order valence-electron chi connectivity index (χ3n) is 6.19. The van der Waals surface area contributed by atoms with Crippen molar-refractivity contribution in [3.63, 3.8) is 0 Å². The molecule has 1 atom stereocenters. The highest BCUT2D eigenvalue weighted by molar-refractivity contribution is 7.89. The fourth-order valence-electron chi connectivity index (χ4n) is 4.15. The first-order valence-electron chi connectivity index (χ1n) is 11.8. The molecule has 1 unspecified atom stereocenters. The number of nitrogens with zero attached hydrogens (tertiary/aromatic N) is 1. The van der Waals surface area contributed by atoms with Crippen LogP contribution in [0.2, 0.25) is 0 Å². The molecule has 4 rings (SSSR count). The van der Waals surface area contributed by atoms with Gasteiger partial charge in [-0.15, -0.1) is 4.72 Å². The molecular formula is C25H35N3O3S. The van der Waals surface area contributed by atoms with Crippen molar-refractivity contribution in [3.05, 3.63) is 48.5 Å². The van der Waals surface area contributed by atoms with Gasteiger partial charge in [0.05, 0.1) is 31.2 Å². The van der Waals surface area contributed by atoms with Gasteiger partial charge in [-0.3, -0.25) is 4.90 Å². The van der Waals surface area contributed by atoms with Crippen LogP contribution < -0.4 is 14.8 Å². The molecule has 6 nitrogen and oxygen atoms in total. The molecule has 0 amide bonds. The number of hydrogen-bond donors (Lipinski definition) is 2. The van der Waals surface area contributed by atoms with Crippen LogP contribution in [0.25, 0.3) is 11.1 Å². The van der Waals surface area contributed by atoms with Gasteiger partial charge in [0.2, 0.25) is 0 Å². The van der Waals surface area contributed by atoms with E-state index in [1.165, 1.54) is 12.8 Å². The quantitative estimate of drug-likeness (QED) is 0.422. The van der Waals surface area contributed by atoms with E-state index in [1.807, 2.05) is 36.4 Å². The Balaban J connectivity index is 1.20. The average molecular weight is 458 g/mol. The monoisotopic (exact) mass is 457 g/mol. The van der Waals surface area contributed by atoms with Gasteiger partial charge in [-0.2, -0.15) is 0 Å². The van der Waals surface area contributed by atoms with E-state index >= 15 is 0 Å². The van der Waals surface area contributed by atoms with Crippen molar-refractivity contribution in [2.45, 2.75) is 24.2 Å². The number of rotatable bonds is 10. The Kier molecular flexibility index (Phi) is 9.26. The predicted octanol–water partition coefficient (Wildman–Crippen LogP) is 3.07. The molecule has 2 fully saturated rings. The van der Waals surface area contributed by atoms with Gasteiger partial charge in [0.15, 0.2) is 4.90 Å². The summed E-state index contributed by atoms with van der Waals surface area (Å²) >= 11 is -1.18. The van der Waals surface area contributed by atoms with Gasteiger partial charge < -0.3 is 19.3 Å². The second kappa shape index (κ2) is 12.6. The van der Waals surface area contributed by atoms with Crippen LogP contribution in [0.5, 0.6) is 5.75 Å². The summed E-state index contributed by atoms with van der Waals surface area (Å²) in [6, 6.07) is 16.2. The minimum absolute atomic E-state index is 0.650. The van der Waals surface area contributed by atoms with Gasteiger partial charge in [0.1, 0.15) is 5.75 Å². The molecule has 32 heavy (non-hydrogen) atoms. The zero-order valence-corrected chi connectivity index (χ0v) is 19.6. The maximum absolute atomic E-state index is 12.5. The number of nitrogens with one attached hydrogen (secondary N) is 2. The van der Waals surface area contributed by atoms with Crippen LogP contribution in [-0.2, 0) is 16.1 Å². The number of ether oxygens (including phenoxy) is 2. The molecule has 0 radical (unpaired) electrons. The van der Waals surface area contributed by atoms with E-state index < -0.39 is 11.4 Å². The zero-order valence-electron chi connectivity index (χ0n) is 18.8. The van der Waals surface area contributed by atoms with Crippen molar-refractivity contribution in [1.82, 2.24) is 14.9 Å². The van der Waals surface area contributed by atoms with Gasteiger partial charge in [-0.05, 0) is 92.3 Å². The fraction of sp³-hybridized carbons (Fsp3) is 0.520. The highest BCUT2D eigenvalue weighted by Crippen LogP contribution is 2.24. The summed E-state index contributed by atoms with van der Waals surface area (Å²) in [5, 5.41) is 3.39. The lowest BCUT2D eigenvalue weighted by molar-refractivity contribution is 0.0376. The summed E-state index contributed by atoms with van der Waals surface area (Å²) in [5.41, 5.74) is 2.25. The van der Waals surface area contributed by atoms with Crippen LogP contribution in [0, 0.1) is 5.92 Å². The third-order valence-corrected chi connectivity index (χ3v) is 7.36. The van der Waals surface area contributed by atoms with E-state index in [-0.39, 0.29) is 0 Å². The summed E-state index contributed by atoms with van der Waals surface area (Å²) in [7, 11) is 0. The average Bonchev–Trinajstić information content (AvgIpc) is 2.87. The summed E-state index contributed by atoms with van der Waals surface area (Å²) < 4.78 is 27.0. The maximum Gasteiger partial charge on any atom is 0.173 e. The summed E-state index contributed by atoms with van der Waals surface area (Å²) in [4.78, 5) is 3.20. The minimum atomic E-state index is -1.18. The van der Waals surface area contributed by atoms with E-state index in [4.69, 9.17) is 9.47 Å². The summed E-state index contributed by atoms with van der Waals surface area (Å²) in [6.45, 7) is 8.37. The first-order valence-corrected chi connectivity index (χ1v) is 12.9. The number of hydrogen-bond acceptors (Lipinski definition) is 6. The van der Waals surface area contributed by atoms with Crippen molar-refractivity contribution in [1.29, 1.82) is 0 Å². The van der Waals surface area contributed by atoms with Crippen LogP contribution in [0.1, 0.15) is 19.3 Å². The Labute approximate surface area is 195 Å². The molecule has 2 heterocycles. The van der Waals surface area contributed by atoms with Gasteiger partial charge in [-0.25, -0.2) is 0 Å². The van der Waals surface area contributed by atoms with Crippen molar-refractivity contribution < 1.29 is 14.0 Å². The predicted molar refractivity (Wildman–Crippen MR) is 129 cm³/mol. The second-order valence-electron chi connectivity index (χ2n) is 8.52. The van der Waals surface area contributed by atoms with Crippen molar-refractivity contribution in [2.24, 2.45) is 5.92 Å². The Bertz CT molecular complexity index is 791. The molecule has 2 aromatic carbocycles. The first kappa shape index (κ1) is 23.5. The fourth-order valence-corrected chi connectivity index (χ4v) is 5.03. The topological polar surface area (TPSA) is 68.8 Å². The normalized spacial score (nSPS) is 19.0. The van der Waals surface area contributed by atoms with Crippen molar-refractivity contribution in [3.8, 4) is 16.9 Å². The van der Waals surface area contributed by atoms with E-state index in [0.29, 0.717) is 5.92 Å². The van der Waals surface area contributed by atoms with Crippen LogP contribution in [0.3, 0.4) is 0 Å². The largest absolute Gasteiger partial charge is 0.593 e. The highest BCUT2D eigenvalue weighted by atomic mass is 32.2. The second-order valence-corrected chi connectivity index (χ2v) is 9.82. The summed E-state index contributed by atoms with van der Waals surface area (Å²) in [5.74, 6) is 1.57. The zero-order chi connectivity index (χ0) is 22.0. The third kappa shape index (κ3) is 7.20. The van der Waals surface area contributed by atoms with Gasteiger partial charge >= 0.3 is 0 Å². The van der Waals surface area contributed by atoms with E-state index in [2.05, 4.69) is 27.1 Å². The molecular weight excluding hydrogens is 422 g/mol. The van der Waals surface area contributed by atoms with E-state index in [9.17, 15) is 4.55 Å². The van der Waals surface area contributed by atoms with Crippen molar-refractivity contribution >= 4 is 11.4 Å². The molecule has 0 spiro atoms. The lowest BCUT2D eigenvalue weighted by Crippen LogP contribution is -2.38. The Morgan fingerprint density at radius 1 is 1.00 bits per heavy atom. The lowest BCUT2D eigenvalue weighted by atomic mass is 9.99. The molecule has 7 heteroatoms. The first-order chi connectivity index (χ1) is 15.8. The standard InChI is InChI=1S/C25H35N3O3S/c29-32(27-12-1-15-28-16-18-30-19-17-28)25-8-4-23(5-9-25)22-2-6-24(7-3-22)31-20-21-10-13-26-14-11-21/h2-9,21,26-27H,1,10-20H2. The lowest BCUT2D eigenvalue weighted by Gasteiger charge is -2.26. The molecule has 2 N–H and O–H groups in total. The molecule has 0 aliphatic carbocycles. The van der Waals surface area contributed by atoms with Gasteiger partial charge in [-0.1, -0.05) is 12.1 Å². The Morgan fingerprint density at radius 3 is 2.34 bits per heavy atom. The van der Waals surface area contributed by atoms with Crippen LogP contribution in [-0.4, -0.2) is 68.5 Å². The Morgan fingerprint density at radius 2 is 1.66 bits per heavy atom. The molecule has 0 bridgehead atoms. The smallest absolute Gasteiger partial charge is 0.173 e. The number of morpholine rings is 1. The highest BCUT2D eigenvalue weighted by Gasteiger charge is 2.14. The molecule has 2 aliphatic heterocycles. The van der Waals surface area contributed by atoms with Gasteiger partial charge in [0, 0.05) is 19.6 Å². The SMILES string of the molecule is [O-][S+](NCCCN1CCOCC1)c1ccc(-c2ccc(OCC3CCNCC3)cc2)cc1. The van der Waals surface area contributed by atoms with Crippen LogP contribution in [0.15, 0.2) is 53.4 Å². The van der Waals surface area contributed by atoms with Crippen LogP contribution >= 0.6 is 0 Å².